The molecule has 2 aliphatic rings. The number of carbonyl (C=O) groups is 1. The molecule has 2 fully saturated rings. The first kappa shape index (κ1) is 23.8. The number of quaternary nitrogens is 1. The lowest BCUT2D eigenvalue weighted by Gasteiger charge is -2.33. The molecule has 0 spiro atoms. The minimum atomic E-state index is -0.914. The molecule has 1 saturated carbocycles. The van der Waals surface area contributed by atoms with E-state index in [0.717, 1.165) is 51.6 Å². The van der Waals surface area contributed by atoms with E-state index in [1.54, 1.807) is 0 Å². The third kappa shape index (κ3) is 6.35. The maximum absolute atomic E-state index is 11.6. The van der Waals surface area contributed by atoms with Crippen molar-refractivity contribution in [2.45, 2.75) is 56.5 Å². The number of likely N-dealkylation sites (tertiary alicyclic amines) is 1. The van der Waals surface area contributed by atoms with Gasteiger partial charge in [0.15, 0.2) is 11.5 Å². The van der Waals surface area contributed by atoms with E-state index < -0.39 is 11.6 Å². The number of primary amides is 1. The first-order valence-corrected chi connectivity index (χ1v) is 11.1. The normalized spacial score (nSPS) is 29.4. The van der Waals surface area contributed by atoms with E-state index >= 15 is 0 Å². The highest BCUT2D eigenvalue weighted by Crippen LogP contribution is 2.30. The van der Waals surface area contributed by atoms with Gasteiger partial charge in [0.2, 0.25) is 5.96 Å². The Kier molecular flexibility index (Phi) is 7.60. The lowest BCUT2D eigenvalue weighted by molar-refractivity contribution is -1.09. The molecule has 10 nitrogen and oxygen atoms in total. The largest absolute Gasteiger partial charge is 0.368 e. The van der Waals surface area contributed by atoms with E-state index in [0.29, 0.717) is 11.6 Å². The zero-order valence-corrected chi connectivity index (χ0v) is 18.6. The summed E-state index contributed by atoms with van der Waals surface area (Å²) in [6.07, 6.45) is 5.65. The number of hydrogen-bond acceptors (Lipinski definition) is 5. The molecule has 0 radical (unpaired) electrons. The SMILES string of the molecule is C[N+]1(O)CCC(c2ccc(NC(=NC(N)=N[C@@H]3CCCC[C@@H]3N)C(=N)C(N)=O)cc2)CC1. The molecule has 10 heteroatoms. The van der Waals surface area contributed by atoms with Crippen LogP contribution in [0, 0.1) is 5.41 Å². The number of nitrogens with two attached hydrogens (primary N) is 3. The van der Waals surface area contributed by atoms with Crippen LogP contribution in [-0.4, -0.2) is 65.5 Å². The molecule has 2 atom stereocenters. The van der Waals surface area contributed by atoms with E-state index in [2.05, 4.69) is 15.3 Å². The Hall–Kier alpha value is -2.82. The quantitative estimate of drug-likeness (QED) is 0.228. The van der Waals surface area contributed by atoms with Gasteiger partial charge in [-0.25, -0.2) is 10.2 Å². The number of carbonyl (C=O) groups excluding carboxylic acids is 1. The van der Waals surface area contributed by atoms with Gasteiger partial charge in [0.05, 0.1) is 13.1 Å². The molecule has 9 N–H and O–H groups in total. The summed E-state index contributed by atoms with van der Waals surface area (Å²) < 4.78 is 0.0694. The summed E-state index contributed by atoms with van der Waals surface area (Å²) >= 11 is 0. The van der Waals surface area contributed by atoms with Crippen molar-refractivity contribution in [3.63, 3.8) is 0 Å². The molecule has 1 aliphatic carbocycles. The molecule has 1 aromatic rings. The van der Waals surface area contributed by atoms with Crippen LogP contribution in [0.25, 0.3) is 0 Å². The van der Waals surface area contributed by atoms with E-state index in [1.807, 2.05) is 31.3 Å². The highest BCUT2D eigenvalue weighted by Gasteiger charge is 2.29. The zero-order valence-electron chi connectivity index (χ0n) is 18.6. The maximum atomic E-state index is 11.6. The van der Waals surface area contributed by atoms with Crippen molar-refractivity contribution in [1.29, 1.82) is 5.41 Å². The number of rotatable bonds is 5. The van der Waals surface area contributed by atoms with E-state index in [9.17, 15) is 10.0 Å². The van der Waals surface area contributed by atoms with E-state index in [1.165, 1.54) is 5.56 Å². The number of piperidine rings is 1. The van der Waals surface area contributed by atoms with Gasteiger partial charge in [-0.05, 0) is 36.5 Å². The van der Waals surface area contributed by atoms with Gasteiger partial charge in [-0.15, -0.1) is 0 Å². The van der Waals surface area contributed by atoms with Crippen LogP contribution in [-0.2, 0) is 4.79 Å². The Morgan fingerprint density at radius 2 is 1.75 bits per heavy atom. The van der Waals surface area contributed by atoms with Gasteiger partial charge in [-0.3, -0.25) is 10.2 Å². The fraction of sp³-hybridized carbons (Fsp3) is 0.545. The van der Waals surface area contributed by atoms with Crippen LogP contribution >= 0.6 is 0 Å². The number of amides is 1. The number of benzene rings is 1. The smallest absolute Gasteiger partial charge is 0.270 e. The highest BCUT2D eigenvalue weighted by molar-refractivity contribution is 6.67. The molecule has 1 saturated heterocycles. The second-order valence-electron chi connectivity index (χ2n) is 9.01. The lowest BCUT2D eigenvalue weighted by atomic mass is 9.89. The number of guanidine groups is 1. The van der Waals surface area contributed by atoms with Crippen LogP contribution in [0.15, 0.2) is 34.3 Å². The molecule has 0 unspecified atom stereocenters. The van der Waals surface area contributed by atoms with Crippen molar-refractivity contribution < 1.29 is 14.6 Å². The molecule has 3 rings (SSSR count). The number of aliphatic imine (C=N–C) groups is 2. The van der Waals surface area contributed by atoms with Crippen molar-refractivity contribution in [2.75, 3.05) is 25.5 Å². The van der Waals surface area contributed by atoms with Gasteiger partial charge in [-0.2, -0.15) is 9.64 Å². The van der Waals surface area contributed by atoms with Gasteiger partial charge < -0.3 is 22.5 Å². The predicted octanol–water partition coefficient (Wildman–Crippen LogP) is 1.30. The van der Waals surface area contributed by atoms with Gasteiger partial charge in [0.25, 0.3) is 5.91 Å². The standard InChI is InChI=1S/C22H34N8O2/c1-30(32)12-10-15(11-13-30)14-6-8-16(9-7-14)27-21(19(24)20(25)31)29-22(26)28-18-5-3-2-4-17(18)23/h6-9,15,17-18,24,32H,2-5,10-13,23H2,1H3,(H4-,25,26,27,28,29,31)/p+1/t15?,17-,18+,30?/m0/s1. The second kappa shape index (κ2) is 10.2. The van der Waals surface area contributed by atoms with Crippen molar-refractivity contribution in [3.05, 3.63) is 29.8 Å². The average molecular weight is 444 g/mol. The average Bonchev–Trinajstić information content (AvgIpc) is 2.75. The monoisotopic (exact) mass is 443 g/mol. The summed E-state index contributed by atoms with van der Waals surface area (Å²) in [4.78, 5) is 20.2. The number of nitrogens with one attached hydrogen (secondary N) is 2. The van der Waals surface area contributed by atoms with Gasteiger partial charge in [-0.1, -0.05) is 25.0 Å². The Morgan fingerprint density at radius 1 is 1.12 bits per heavy atom. The number of anilines is 1. The van der Waals surface area contributed by atoms with Crippen LogP contribution in [0.5, 0.6) is 0 Å². The zero-order chi connectivity index (χ0) is 23.3. The number of nitrogens with zero attached hydrogens (tertiary/aromatic N) is 3. The highest BCUT2D eigenvalue weighted by atomic mass is 16.5. The van der Waals surface area contributed by atoms with Crippen LogP contribution in [0.2, 0.25) is 0 Å². The number of hydroxylamine groups is 3. The molecular weight excluding hydrogens is 408 g/mol. The summed E-state index contributed by atoms with van der Waals surface area (Å²) in [5.41, 5.74) is 18.8. The number of hydrogen-bond donors (Lipinski definition) is 6. The molecule has 174 valence electrons. The van der Waals surface area contributed by atoms with Gasteiger partial charge in [0.1, 0.15) is 13.1 Å². The topological polar surface area (TPSA) is 176 Å². The molecule has 0 bridgehead atoms. The Morgan fingerprint density at radius 3 is 2.34 bits per heavy atom. The summed E-state index contributed by atoms with van der Waals surface area (Å²) in [6.45, 7) is 1.45. The van der Waals surface area contributed by atoms with Crippen LogP contribution in [0.4, 0.5) is 5.69 Å². The first-order chi connectivity index (χ1) is 15.1. The lowest BCUT2D eigenvalue weighted by Crippen LogP contribution is -2.46. The van der Waals surface area contributed by atoms with Crippen molar-refractivity contribution in [2.24, 2.45) is 27.2 Å². The summed E-state index contributed by atoms with van der Waals surface area (Å²) in [5, 5.41) is 21.1. The Bertz CT molecular complexity index is 884. The van der Waals surface area contributed by atoms with Crippen LogP contribution in [0.1, 0.15) is 50.0 Å². The molecule has 1 amide bonds. The molecule has 0 aromatic heterocycles. The molecule has 32 heavy (non-hydrogen) atoms. The third-order valence-electron chi connectivity index (χ3n) is 6.35. The minimum Gasteiger partial charge on any atom is -0.368 e. The van der Waals surface area contributed by atoms with Gasteiger partial charge >= 0.3 is 0 Å². The third-order valence-corrected chi connectivity index (χ3v) is 6.35. The fourth-order valence-corrected chi connectivity index (χ4v) is 4.31. The Balaban J connectivity index is 1.73. The summed E-state index contributed by atoms with van der Waals surface area (Å²) in [6, 6.07) is 7.55. The predicted molar refractivity (Wildman–Crippen MR) is 126 cm³/mol. The summed E-state index contributed by atoms with van der Waals surface area (Å²) in [5.74, 6) is -0.615. The number of amidine groups is 1. The minimum absolute atomic E-state index is 0.0372. The van der Waals surface area contributed by atoms with Crippen LogP contribution < -0.4 is 22.5 Å². The van der Waals surface area contributed by atoms with Crippen molar-refractivity contribution in [1.82, 2.24) is 0 Å². The van der Waals surface area contributed by atoms with Crippen molar-refractivity contribution >= 4 is 29.1 Å². The molecule has 1 heterocycles. The van der Waals surface area contributed by atoms with E-state index in [4.69, 9.17) is 22.6 Å². The maximum Gasteiger partial charge on any atom is 0.270 e. The van der Waals surface area contributed by atoms with Gasteiger partial charge in [0, 0.05) is 24.6 Å². The second-order valence-corrected chi connectivity index (χ2v) is 9.01. The van der Waals surface area contributed by atoms with Crippen LogP contribution in [0.3, 0.4) is 0 Å². The fourth-order valence-electron chi connectivity index (χ4n) is 4.31. The molecular formula is C22H35N8O2+. The molecule has 1 aliphatic heterocycles. The Labute approximate surface area is 188 Å². The summed E-state index contributed by atoms with van der Waals surface area (Å²) in [7, 11) is 1.83. The first-order valence-electron chi connectivity index (χ1n) is 11.1. The molecule has 1 aromatic carbocycles. The van der Waals surface area contributed by atoms with E-state index in [-0.39, 0.29) is 28.5 Å². The van der Waals surface area contributed by atoms with Crippen molar-refractivity contribution in [3.8, 4) is 0 Å².